The molecule has 1 heterocycles. The Hall–Kier alpha value is -2.25. The van der Waals surface area contributed by atoms with Gasteiger partial charge in [0, 0.05) is 24.3 Å². The summed E-state index contributed by atoms with van der Waals surface area (Å²) in [4.78, 5) is 12.2. The number of carbonyl (C=O) groups excluding carboxylic acids is 1. The molecule has 0 saturated carbocycles. The van der Waals surface area contributed by atoms with Crippen LogP contribution in [0.15, 0.2) is 48.5 Å². The second-order valence-electron chi connectivity index (χ2n) is 6.37. The minimum Gasteiger partial charge on any atom is -0.322 e. The van der Waals surface area contributed by atoms with E-state index < -0.39 is 10.0 Å². The van der Waals surface area contributed by atoms with Crippen molar-refractivity contribution in [2.45, 2.75) is 25.0 Å². The zero-order valence-electron chi connectivity index (χ0n) is 14.3. The van der Waals surface area contributed by atoms with E-state index in [-0.39, 0.29) is 17.5 Å². The number of halogens is 1. The SMILES string of the molecule is O=C(Nc1ccc(F)cc1)c1ccc(CS(=O)(=O)N2CCCCC2)cc1. The van der Waals surface area contributed by atoms with Crippen LogP contribution < -0.4 is 5.32 Å². The minimum atomic E-state index is -3.32. The molecule has 0 atom stereocenters. The van der Waals surface area contributed by atoms with Crippen molar-refractivity contribution < 1.29 is 17.6 Å². The van der Waals surface area contributed by atoms with Gasteiger partial charge in [-0.2, -0.15) is 0 Å². The predicted octanol–water partition coefficient (Wildman–Crippen LogP) is 3.39. The van der Waals surface area contributed by atoms with Crippen molar-refractivity contribution in [3.05, 3.63) is 65.5 Å². The number of hydrogen-bond acceptors (Lipinski definition) is 3. The number of anilines is 1. The van der Waals surface area contributed by atoms with Gasteiger partial charge in [0.2, 0.25) is 10.0 Å². The predicted molar refractivity (Wildman–Crippen MR) is 98.8 cm³/mol. The van der Waals surface area contributed by atoms with Crippen molar-refractivity contribution in [2.24, 2.45) is 0 Å². The first-order chi connectivity index (χ1) is 12.4. The van der Waals surface area contributed by atoms with Crippen LogP contribution >= 0.6 is 0 Å². The highest BCUT2D eigenvalue weighted by Gasteiger charge is 2.24. The fraction of sp³-hybridized carbons (Fsp3) is 0.316. The molecule has 1 aliphatic rings. The number of carbonyl (C=O) groups is 1. The summed E-state index contributed by atoms with van der Waals surface area (Å²) in [6.07, 6.45) is 2.88. The molecule has 1 N–H and O–H groups in total. The van der Waals surface area contributed by atoms with E-state index >= 15 is 0 Å². The van der Waals surface area contributed by atoms with Gasteiger partial charge in [0.1, 0.15) is 5.82 Å². The average molecular weight is 376 g/mol. The summed E-state index contributed by atoms with van der Waals surface area (Å²) in [6, 6.07) is 12.0. The van der Waals surface area contributed by atoms with E-state index in [4.69, 9.17) is 0 Å². The Balaban J connectivity index is 1.64. The van der Waals surface area contributed by atoms with Gasteiger partial charge in [-0.25, -0.2) is 17.1 Å². The van der Waals surface area contributed by atoms with E-state index in [1.165, 1.54) is 24.3 Å². The molecule has 0 radical (unpaired) electrons. The summed E-state index contributed by atoms with van der Waals surface area (Å²) in [7, 11) is -3.32. The average Bonchev–Trinajstić information content (AvgIpc) is 2.64. The van der Waals surface area contributed by atoms with E-state index in [1.54, 1.807) is 28.6 Å². The number of hydrogen-bond donors (Lipinski definition) is 1. The van der Waals surface area contributed by atoms with Crippen LogP contribution in [-0.2, 0) is 15.8 Å². The van der Waals surface area contributed by atoms with Crippen molar-refractivity contribution in [2.75, 3.05) is 18.4 Å². The molecule has 1 aliphatic heterocycles. The fourth-order valence-corrected chi connectivity index (χ4v) is 4.54. The Labute approximate surface area is 152 Å². The Morgan fingerprint density at radius 3 is 2.19 bits per heavy atom. The summed E-state index contributed by atoms with van der Waals surface area (Å²) in [6.45, 7) is 1.17. The van der Waals surface area contributed by atoms with E-state index in [0.29, 0.717) is 29.9 Å². The molecule has 2 aromatic carbocycles. The fourth-order valence-electron chi connectivity index (χ4n) is 2.93. The normalized spacial score (nSPS) is 15.6. The van der Waals surface area contributed by atoms with Gasteiger partial charge in [0.25, 0.3) is 5.91 Å². The largest absolute Gasteiger partial charge is 0.322 e. The molecule has 1 amide bonds. The lowest BCUT2D eigenvalue weighted by atomic mass is 10.1. The van der Waals surface area contributed by atoms with Gasteiger partial charge in [-0.05, 0) is 54.8 Å². The monoisotopic (exact) mass is 376 g/mol. The highest BCUT2D eigenvalue weighted by molar-refractivity contribution is 7.88. The zero-order valence-corrected chi connectivity index (χ0v) is 15.1. The molecule has 0 bridgehead atoms. The number of sulfonamides is 1. The molecule has 2 aromatic rings. The Morgan fingerprint density at radius 1 is 0.962 bits per heavy atom. The number of benzene rings is 2. The lowest BCUT2D eigenvalue weighted by Crippen LogP contribution is -2.36. The molecule has 7 heteroatoms. The van der Waals surface area contributed by atoms with Gasteiger partial charge in [-0.15, -0.1) is 0 Å². The zero-order chi connectivity index (χ0) is 18.6. The second kappa shape index (κ2) is 7.97. The smallest absolute Gasteiger partial charge is 0.255 e. The quantitative estimate of drug-likeness (QED) is 0.870. The van der Waals surface area contributed by atoms with Crippen LogP contribution in [0, 0.1) is 5.82 Å². The molecule has 0 aliphatic carbocycles. The highest BCUT2D eigenvalue weighted by atomic mass is 32.2. The van der Waals surface area contributed by atoms with Gasteiger partial charge in [0.05, 0.1) is 5.75 Å². The number of nitrogens with one attached hydrogen (secondary N) is 1. The standard InChI is InChI=1S/C19H21FN2O3S/c20-17-8-10-18(11-9-17)21-19(23)16-6-4-15(5-7-16)14-26(24,25)22-12-2-1-3-13-22/h4-11H,1-3,12-14H2,(H,21,23). The Morgan fingerprint density at radius 2 is 1.58 bits per heavy atom. The molecule has 5 nitrogen and oxygen atoms in total. The molecule has 0 spiro atoms. The van der Waals surface area contributed by atoms with Gasteiger partial charge in [0.15, 0.2) is 0 Å². The van der Waals surface area contributed by atoms with Crippen LogP contribution in [-0.4, -0.2) is 31.7 Å². The molecular weight excluding hydrogens is 355 g/mol. The van der Waals surface area contributed by atoms with E-state index in [9.17, 15) is 17.6 Å². The number of rotatable bonds is 5. The molecule has 26 heavy (non-hydrogen) atoms. The summed E-state index contributed by atoms with van der Waals surface area (Å²) < 4.78 is 39.4. The summed E-state index contributed by atoms with van der Waals surface area (Å²) in [5.41, 5.74) is 1.55. The van der Waals surface area contributed by atoms with Crippen molar-refractivity contribution in [3.63, 3.8) is 0 Å². The molecule has 0 aromatic heterocycles. The van der Waals surface area contributed by atoms with E-state index in [2.05, 4.69) is 5.32 Å². The van der Waals surface area contributed by atoms with Crippen molar-refractivity contribution in [1.82, 2.24) is 4.31 Å². The van der Waals surface area contributed by atoms with Crippen LogP contribution in [0.2, 0.25) is 0 Å². The van der Waals surface area contributed by atoms with Gasteiger partial charge in [-0.3, -0.25) is 4.79 Å². The van der Waals surface area contributed by atoms with Crippen LogP contribution in [0.4, 0.5) is 10.1 Å². The Kier molecular flexibility index (Phi) is 5.68. The molecule has 1 fully saturated rings. The van der Waals surface area contributed by atoms with E-state index in [0.717, 1.165) is 19.3 Å². The summed E-state index contributed by atoms with van der Waals surface area (Å²) >= 11 is 0. The third-order valence-corrected chi connectivity index (χ3v) is 6.23. The maximum Gasteiger partial charge on any atom is 0.255 e. The number of amides is 1. The van der Waals surface area contributed by atoms with Crippen molar-refractivity contribution >= 4 is 21.6 Å². The Bertz CT molecular complexity index is 859. The first-order valence-electron chi connectivity index (χ1n) is 8.58. The molecule has 1 saturated heterocycles. The number of piperidine rings is 1. The molecule has 138 valence electrons. The molecule has 3 rings (SSSR count). The van der Waals surface area contributed by atoms with E-state index in [1.807, 2.05) is 0 Å². The minimum absolute atomic E-state index is 0.0626. The maximum absolute atomic E-state index is 12.9. The van der Waals surface area contributed by atoms with Crippen molar-refractivity contribution in [1.29, 1.82) is 0 Å². The molecular formula is C19H21FN2O3S. The van der Waals surface area contributed by atoms with Crippen LogP contribution in [0.25, 0.3) is 0 Å². The van der Waals surface area contributed by atoms with Crippen LogP contribution in [0.5, 0.6) is 0 Å². The van der Waals surface area contributed by atoms with Crippen LogP contribution in [0.3, 0.4) is 0 Å². The van der Waals surface area contributed by atoms with Crippen molar-refractivity contribution in [3.8, 4) is 0 Å². The lowest BCUT2D eigenvalue weighted by Gasteiger charge is -2.25. The number of nitrogens with zero attached hydrogens (tertiary/aromatic N) is 1. The molecule has 0 unspecified atom stereocenters. The third kappa shape index (κ3) is 4.68. The summed E-state index contributed by atoms with van der Waals surface area (Å²) in [5.74, 6) is -0.767. The summed E-state index contributed by atoms with van der Waals surface area (Å²) in [5, 5.41) is 2.67. The van der Waals surface area contributed by atoms with Gasteiger partial charge in [-0.1, -0.05) is 18.6 Å². The maximum atomic E-state index is 12.9. The topological polar surface area (TPSA) is 66.5 Å². The van der Waals surface area contributed by atoms with Gasteiger partial charge >= 0.3 is 0 Å². The second-order valence-corrected chi connectivity index (χ2v) is 8.34. The first-order valence-corrected chi connectivity index (χ1v) is 10.2. The third-order valence-electron chi connectivity index (χ3n) is 4.38. The lowest BCUT2D eigenvalue weighted by molar-refractivity contribution is 0.102. The van der Waals surface area contributed by atoms with Crippen LogP contribution in [0.1, 0.15) is 35.2 Å². The van der Waals surface area contributed by atoms with Gasteiger partial charge < -0.3 is 5.32 Å². The highest BCUT2D eigenvalue weighted by Crippen LogP contribution is 2.18. The first kappa shape index (κ1) is 18.5.